The molecule has 1 aromatic rings. The van der Waals surface area contributed by atoms with Gasteiger partial charge in [0.25, 0.3) is 0 Å². The molecule has 0 aromatic heterocycles. The lowest BCUT2D eigenvalue weighted by atomic mass is 10.0. The number of rotatable bonds is 1. The Morgan fingerprint density at radius 1 is 1.20 bits per heavy atom. The number of hydrogen-bond donors (Lipinski definition) is 1. The summed E-state index contributed by atoms with van der Waals surface area (Å²) >= 11 is 3.33. The minimum Gasteiger partial charge on any atom is -0.310 e. The molecule has 0 aliphatic carbocycles. The molecule has 2 rings (SSSR count). The molecule has 1 aliphatic rings. The molecule has 1 aliphatic heterocycles. The van der Waals surface area contributed by atoms with Crippen LogP contribution >= 0.6 is 15.9 Å². The predicted molar refractivity (Wildman–Crippen MR) is 63.3 cm³/mol. The summed E-state index contributed by atoms with van der Waals surface area (Å²) in [6.45, 7) is 1.04. The normalized spacial score (nSPS) is 22.4. The summed E-state index contributed by atoms with van der Waals surface area (Å²) in [5.41, 5.74) is 1.06. The van der Waals surface area contributed by atoms with Gasteiger partial charge in [0.05, 0.1) is 0 Å². The summed E-state index contributed by atoms with van der Waals surface area (Å²) in [5.74, 6) is -0.162. The highest BCUT2D eigenvalue weighted by molar-refractivity contribution is 9.10. The van der Waals surface area contributed by atoms with Crippen molar-refractivity contribution < 1.29 is 4.39 Å². The average Bonchev–Trinajstić information content (AvgIpc) is 2.43. The fourth-order valence-electron chi connectivity index (χ4n) is 2.09. The second-order valence-corrected chi connectivity index (χ2v) is 4.97. The molecule has 82 valence electrons. The standard InChI is InChI=1S/C12H15BrFN/c13-10-6-9(7-11(14)8-10)12-4-2-1-3-5-15-12/h6-8,12,15H,1-5H2. The zero-order valence-corrected chi connectivity index (χ0v) is 10.2. The van der Waals surface area contributed by atoms with E-state index >= 15 is 0 Å². The van der Waals surface area contributed by atoms with E-state index < -0.39 is 0 Å². The van der Waals surface area contributed by atoms with Gasteiger partial charge >= 0.3 is 0 Å². The van der Waals surface area contributed by atoms with Crippen molar-refractivity contribution in [1.29, 1.82) is 0 Å². The minimum atomic E-state index is -0.162. The van der Waals surface area contributed by atoms with E-state index in [2.05, 4.69) is 21.2 Å². The highest BCUT2D eigenvalue weighted by Gasteiger charge is 2.14. The van der Waals surface area contributed by atoms with Crippen molar-refractivity contribution in [2.75, 3.05) is 6.54 Å². The second-order valence-electron chi connectivity index (χ2n) is 4.06. The van der Waals surface area contributed by atoms with E-state index in [4.69, 9.17) is 0 Å². The third kappa shape index (κ3) is 3.02. The molecule has 3 heteroatoms. The highest BCUT2D eigenvalue weighted by atomic mass is 79.9. The molecule has 0 spiro atoms. The first-order valence-corrected chi connectivity index (χ1v) is 6.24. The third-order valence-corrected chi connectivity index (χ3v) is 3.31. The molecule has 1 heterocycles. The first kappa shape index (κ1) is 11.1. The van der Waals surface area contributed by atoms with Crippen LogP contribution < -0.4 is 5.32 Å². The van der Waals surface area contributed by atoms with Crippen molar-refractivity contribution in [3.05, 3.63) is 34.1 Å². The first-order valence-electron chi connectivity index (χ1n) is 5.45. The van der Waals surface area contributed by atoms with E-state index in [0.29, 0.717) is 6.04 Å². The fourth-order valence-corrected chi connectivity index (χ4v) is 2.57. The van der Waals surface area contributed by atoms with Gasteiger partial charge in [-0.1, -0.05) is 28.8 Å². The molecular weight excluding hydrogens is 257 g/mol. The lowest BCUT2D eigenvalue weighted by molar-refractivity contribution is 0.528. The monoisotopic (exact) mass is 271 g/mol. The number of benzene rings is 1. The van der Waals surface area contributed by atoms with Crippen LogP contribution in [-0.2, 0) is 0 Å². The molecule has 1 unspecified atom stereocenters. The summed E-state index contributed by atoms with van der Waals surface area (Å²) in [7, 11) is 0. The van der Waals surface area contributed by atoms with Gasteiger partial charge in [0, 0.05) is 10.5 Å². The molecule has 1 atom stereocenters. The lowest BCUT2D eigenvalue weighted by Crippen LogP contribution is -2.20. The van der Waals surface area contributed by atoms with Crippen LogP contribution in [-0.4, -0.2) is 6.54 Å². The average molecular weight is 272 g/mol. The van der Waals surface area contributed by atoms with Gasteiger partial charge in [0.2, 0.25) is 0 Å². The van der Waals surface area contributed by atoms with Crippen molar-refractivity contribution in [3.8, 4) is 0 Å². The van der Waals surface area contributed by atoms with Crippen molar-refractivity contribution in [3.63, 3.8) is 0 Å². The highest BCUT2D eigenvalue weighted by Crippen LogP contribution is 2.25. The van der Waals surface area contributed by atoms with Crippen molar-refractivity contribution in [2.24, 2.45) is 0 Å². The smallest absolute Gasteiger partial charge is 0.124 e. The van der Waals surface area contributed by atoms with Crippen LogP contribution in [0.1, 0.15) is 37.3 Å². The second kappa shape index (κ2) is 5.08. The van der Waals surface area contributed by atoms with Crippen molar-refractivity contribution in [2.45, 2.75) is 31.7 Å². The van der Waals surface area contributed by atoms with E-state index in [1.165, 1.54) is 25.3 Å². The maximum atomic E-state index is 13.2. The van der Waals surface area contributed by atoms with Gasteiger partial charge in [-0.15, -0.1) is 0 Å². The van der Waals surface area contributed by atoms with Crippen LogP contribution in [0.4, 0.5) is 4.39 Å². The summed E-state index contributed by atoms with van der Waals surface area (Å²) in [5, 5.41) is 3.46. The molecule has 1 N–H and O–H groups in total. The number of halogens is 2. The lowest BCUT2D eigenvalue weighted by Gasteiger charge is -2.16. The van der Waals surface area contributed by atoms with Crippen LogP contribution in [0.2, 0.25) is 0 Å². The van der Waals surface area contributed by atoms with Gasteiger partial charge in [-0.3, -0.25) is 0 Å². The summed E-state index contributed by atoms with van der Waals surface area (Å²) in [6.07, 6.45) is 4.84. The Kier molecular flexibility index (Phi) is 3.76. The Balaban J connectivity index is 2.19. The molecule has 0 radical (unpaired) electrons. The fraction of sp³-hybridized carbons (Fsp3) is 0.500. The molecule has 0 amide bonds. The Morgan fingerprint density at radius 3 is 2.87 bits per heavy atom. The SMILES string of the molecule is Fc1cc(Br)cc(C2CCCCCN2)c1. The van der Waals surface area contributed by atoms with E-state index in [1.807, 2.05) is 6.07 Å². The van der Waals surface area contributed by atoms with Gasteiger partial charge < -0.3 is 5.32 Å². The Hall–Kier alpha value is -0.410. The largest absolute Gasteiger partial charge is 0.310 e. The van der Waals surface area contributed by atoms with E-state index in [1.54, 1.807) is 6.07 Å². The number of hydrogen-bond acceptors (Lipinski definition) is 1. The zero-order valence-electron chi connectivity index (χ0n) is 8.60. The molecule has 0 bridgehead atoms. The molecule has 1 nitrogen and oxygen atoms in total. The molecule has 15 heavy (non-hydrogen) atoms. The Bertz CT molecular complexity index is 312. The molecular formula is C12H15BrFN. The summed E-state index contributed by atoms with van der Waals surface area (Å²) < 4.78 is 14.0. The third-order valence-electron chi connectivity index (χ3n) is 2.85. The maximum Gasteiger partial charge on any atom is 0.124 e. The quantitative estimate of drug-likeness (QED) is 0.820. The predicted octanol–water partition coefficient (Wildman–Crippen LogP) is 3.79. The topological polar surface area (TPSA) is 12.0 Å². The van der Waals surface area contributed by atoms with Crippen LogP contribution in [0.15, 0.2) is 22.7 Å². The zero-order chi connectivity index (χ0) is 10.7. The van der Waals surface area contributed by atoms with E-state index in [0.717, 1.165) is 23.0 Å². The van der Waals surface area contributed by atoms with Gasteiger partial charge in [-0.2, -0.15) is 0 Å². The van der Waals surface area contributed by atoms with Crippen molar-refractivity contribution >= 4 is 15.9 Å². The first-order chi connectivity index (χ1) is 7.25. The van der Waals surface area contributed by atoms with Crippen LogP contribution in [0.5, 0.6) is 0 Å². The Labute approximate surface area is 98.2 Å². The van der Waals surface area contributed by atoms with Gasteiger partial charge in [0.15, 0.2) is 0 Å². The molecule has 1 aromatic carbocycles. The van der Waals surface area contributed by atoms with E-state index in [9.17, 15) is 4.39 Å². The van der Waals surface area contributed by atoms with Crippen LogP contribution in [0.25, 0.3) is 0 Å². The maximum absolute atomic E-state index is 13.2. The summed E-state index contributed by atoms with van der Waals surface area (Å²) in [4.78, 5) is 0. The van der Waals surface area contributed by atoms with E-state index in [-0.39, 0.29) is 5.82 Å². The van der Waals surface area contributed by atoms with Crippen LogP contribution in [0.3, 0.4) is 0 Å². The Morgan fingerprint density at radius 2 is 2.07 bits per heavy atom. The van der Waals surface area contributed by atoms with Crippen molar-refractivity contribution in [1.82, 2.24) is 5.32 Å². The molecule has 0 saturated carbocycles. The number of nitrogens with one attached hydrogen (secondary N) is 1. The van der Waals surface area contributed by atoms with Gasteiger partial charge in [-0.05, 0) is 43.1 Å². The minimum absolute atomic E-state index is 0.162. The van der Waals surface area contributed by atoms with Crippen LogP contribution in [0, 0.1) is 5.82 Å². The molecule has 1 fully saturated rings. The summed E-state index contributed by atoms with van der Waals surface area (Å²) in [6, 6.07) is 5.46. The van der Waals surface area contributed by atoms with Gasteiger partial charge in [0.1, 0.15) is 5.82 Å². The van der Waals surface area contributed by atoms with Gasteiger partial charge in [-0.25, -0.2) is 4.39 Å². The molecule has 1 saturated heterocycles.